The fraction of sp³-hybridized carbons (Fsp3) is 0.375. The summed E-state index contributed by atoms with van der Waals surface area (Å²) < 4.78 is 0. The molecule has 4 rings (SSSR count). The number of benzene rings is 1. The lowest BCUT2D eigenvalue weighted by Crippen LogP contribution is -2.36. The van der Waals surface area contributed by atoms with Gasteiger partial charge in [0.2, 0.25) is 0 Å². The van der Waals surface area contributed by atoms with Gasteiger partial charge in [0, 0.05) is 32.5 Å². The van der Waals surface area contributed by atoms with Crippen LogP contribution in [0.5, 0.6) is 0 Å². The Labute approximate surface area is 123 Å². The molecule has 1 aromatic heterocycles. The second-order valence-corrected chi connectivity index (χ2v) is 5.65. The second-order valence-electron chi connectivity index (χ2n) is 5.65. The summed E-state index contributed by atoms with van der Waals surface area (Å²) in [5, 5.41) is 4.26. The first-order valence-corrected chi connectivity index (χ1v) is 7.40. The lowest BCUT2D eigenvalue weighted by atomic mass is 10.0. The van der Waals surface area contributed by atoms with Crippen LogP contribution >= 0.6 is 0 Å². The summed E-state index contributed by atoms with van der Waals surface area (Å²) in [7, 11) is 0. The van der Waals surface area contributed by atoms with Crippen molar-refractivity contribution in [3.63, 3.8) is 0 Å². The summed E-state index contributed by atoms with van der Waals surface area (Å²) in [6.45, 7) is 2.88. The largest absolute Gasteiger partial charge is 0.390 e. The Morgan fingerprint density at radius 3 is 3.10 bits per heavy atom. The molecular formula is C16H18N4O. The molecule has 0 unspecified atom stereocenters. The number of nitrogens with zero attached hydrogens (tertiary/aromatic N) is 3. The number of hydrogen-bond donors (Lipinski definition) is 1. The van der Waals surface area contributed by atoms with E-state index in [0.29, 0.717) is 0 Å². The molecule has 1 N–H and O–H groups in total. The van der Waals surface area contributed by atoms with Gasteiger partial charge in [-0.3, -0.25) is 4.90 Å². The molecule has 0 saturated heterocycles. The van der Waals surface area contributed by atoms with Gasteiger partial charge in [0.15, 0.2) is 0 Å². The Bertz CT molecular complexity index is 649. The van der Waals surface area contributed by atoms with Crippen LogP contribution < -0.4 is 0 Å². The van der Waals surface area contributed by atoms with Crippen molar-refractivity contribution < 1.29 is 4.84 Å². The molecular weight excluding hydrogens is 264 g/mol. The maximum absolute atomic E-state index is 5.61. The maximum atomic E-state index is 5.61. The van der Waals surface area contributed by atoms with Crippen LogP contribution in [0.3, 0.4) is 0 Å². The van der Waals surface area contributed by atoms with Crippen LogP contribution in [0.15, 0.2) is 41.8 Å². The lowest BCUT2D eigenvalue weighted by Gasteiger charge is -2.27. The zero-order chi connectivity index (χ0) is 14.1. The van der Waals surface area contributed by atoms with E-state index in [-0.39, 0.29) is 6.10 Å². The molecule has 21 heavy (non-hydrogen) atoms. The predicted molar refractivity (Wildman–Crippen MR) is 80.0 cm³/mol. The highest BCUT2D eigenvalue weighted by Crippen LogP contribution is 2.20. The van der Waals surface area contributed by atoms with Gasteiger partial charge in [-0.1, -0.05) is 35.5 Å². The lowest BCUT2D eigenvalue weighted by molar-refractivity contribution is 0.0483. The van der Waals surface area contributed by atoms with E-state index in [0.717, 1.165) is 43.8 Å². The third-order valence-corrected chi connectivity index (χ3v) is 4.16. The minimum atomic E-state index is 0.157. The summed E-state index contributed by atoms with van der Waals surface area (Å²) in [6.07, 6.45) is 3.84. The first-order chi connectivity index (χ1) is 10.4. The van der Waals surface area contributed by atoms with Crippen molar-refractivity contribution in [1.29, 1.82) is 0 Å². The fourth-order valence-electron chi connectivity index (χ4n) is 3.04. The Morgan fingerprint density at radius 1 is 1.29 bits per heavy atom. The fourth-order valence-corrected chi connectivity index (χ4v) is 3.04. The Hall–Kier alpha value is -2.14. The molecule has 0 aliphatic carbocycles. The van der Waals surface area contributed by atoms with Crippen molar-refractivity contribution in [2.24, 2.45) is 5.16 Å². The van der Waals surface area contributed by atoms with E-state index in [1.807, 2.05) is 18.2 Å². The quantitative estimate of drug-likeness (QED) is 0.936. The van der Waals surface area contributed by atoms with Gasteiger partial charge in [0.25, 0.3) is 0 Å². The molecule has 0 radical (unpaired) electrons. The van der Waals surface area contributed by atoms with Gasteiger partial charge in [-0.2, -0.15) is 0 Å². The molecule has 5 nitrogen and oxygen atoms in total. The number of hydrogen-bond acceptors (Lipinski definition) is 4. The molecule has 0 saturated carbocycles. The van der Waals surface area contributed by atoms with Crippen LogP contribution in [0.2, 0.25) is 0 Å². The monoisotopic (exact) mass is 282 g/mol. The zero-order valence-corrected chi connectivity index (χ0v) is 11.8. The normalized spacial score (nSPS) is 21.7. The molecule has 1 aromatic carbocycles. The number of aromatic amines is 1. The maximum Gasteiger partial charge on any atom is 0.145 e. The van der Waals surface area contributed by atoms with E-state index in [2.05, 4.69) is 32.2 Å². The van der Waals surface area contributed by atoms with Crippen molar-refractivity contribution in [2.75, 3.05) is 13.1 Å². The minimum absolute atomic E-state index is 0.157. The predicted octanol–water partition coefficient (Wildman–Crippen LogP) is 1.96. The Balaban J connectivity index is 1.36. The van der Waals surface area contributed by atoms with Gasteiger partial charge >= 0.3 is 0 Å². The van der Waals surface area contributed by atoms with Crippen LogP contribution in [0.1, 0.15) is 23.4 Å². The van der Waals surface area contributed by atoms with Crippen molar-refractivity contribution >= 4 is 5.71 Å². The highest BCUT2D eigenvalue weighted by molar-refractivity contribution is 6.01. The molecule has 3 heterocycles. The molecule has 2 aromatic rings. The highest BCUT2D eigenvalue weighted by Gasteiger charge is 2.26. The molecule has 0 amide bonds. The van der Waals surface area contributed by atoms with E-state index in [1.165, 1.54) is 11.4 Å². The van der Waals surface area contributed by atoms with Gasteiger partial charge in [-0.25, -0.2) is 4.98 Å². The number of oxime groups is 1. The van der Waals surface area contributed by atoms with Gasteiger partial charge in [-0.05, 0) is 5.56 Å². The first kappa shape index (κ1) is 12.6. The van der Waals surface area contributed by atoms with Crippen LogP contribution in [0.4, 0.5) is 0 Å². The van der Waals surface area contributed by atoms with E-state index in [1.54, 1.807) is 6.33 Å². The van der Waals surface area contributed by atoms with E-state index in [9.17, 15) is 0 Å². The Kier molecular flexibility index (Phi) is 3.20. The van der Waals surface area contributed by atoms with Gasteiger partial charge < -0.3 is 9.82 Å². The molecule has 0 bridgehead atoms. The minimum Gasteiger partial charge on any atom is -0.390 e. The number of nitrogens with one attached hydrogen (secondary N) is 1. The summed E-state index contributed by atoms with van der Waals surface area (Å²) in [5.41, 5.74) is 4.66. The van der Waals surface area contributed by atoms with Gasteiger partial charge in [0.05, 0.1) is 23.4 Å². The van der Waals surface area contributed by atoms with Crippen molar-refractivity contribution in [1.82, 2.24) is 14.9 Å². The number of imidazole rings is 1. The van der Waals surface area contributed by atoms with Crippen molar-refractivity contribution in [2.45, 2.75) is 25.5 Å². The van der Waals surface area contributed by atoms with Crippen LogP contribution in [0, 0.1) is 0 Å². The number of H-pyrrole nitrogens is 1. The smallest absolute Gasteiger partial charge is 0.145 e. The number of aromatic nitrogens is 2. The Morgan fingerprint density at radius 2 is 2.19 bits per heavy atom. The SMILES string of the molecule is c1ccc(C2=NO[C@@H](CN3CCc4nc[nH]c4C3)C2)cc1. The zero-order valence-electron chi connectivity index (χ0n) is 11.8. The van der Waals surface area contributed by atoms with Crippen LogP contribution in [0.25, 0.3) is 0 Å². The summed E-state index contributed by atoms with van der Waals surface area (Å²) in [6, 6.07) is 10.3. The molecule has 1 atom stereocenters. The van der Waals surface area contributed by atoms with Crippen LogP contribution in [-0.4, -0.2) is 39.8 Å². The average Bonchev–Trinajstić information content (AvgIpc) is 3.17. The molecule has 0 spiro atoms. The standard InChI is InChI=1S/C16H18N4O/c1-2-4-12(5-3-1)15-8-13(21-19-15)9-20-7-6-14-16(10-20)18-11-17-14/h1-5,11,13H,6-10H2,(H,17,18)/t13-/m1/s1. The topological polar surface area (TPSA) is 53.5 Å². The molecule has 2 aliphatic heterocycles. The average molecular weight is 282 g/mol. The molecule has 0 fully saturated rings. The van der Waals surface area contributed by atoms with Gasteiger partial charge in [-0.15, -0.1) is 0 Å². The number of rotatable bonds is 3. The number of fused-ring (bicyclic) bond motifs is 1. The third-order valence-electron chi connectivity index (χ3n) is 4.16. The van der Waals surface area contributed by atoms with Crippen LogP contribution in [-0.2, 0) is 17.8 Å². The van der Waals surface area contributed by atoms with Gasteiger partial charge in [0.1, 0.15) is 6.10 Å². The molecule has 2 aliphatic rings. The highest BCUT2D eigenvalue weighted by atomic mass is 16.6. The third kappa shape index (κ3) is 2.56. The summed E-state index contributed by atoms with van der Waals surface area (Å²) >= 11 is 0. The first-order valence-electron chi connectivity index (χ1n) is 7.40. The van der Waals surface area contributed by atoms with Crippen molar-refractivity contribution in [3.8, 4) is 0 Å². The van der Waals surface area contributed by atoms with E-state index in [4.69, 9.17) is 4.84 Å². The van der Waals surface area contributed by atoms with E-state index < -0.39 is 0 Å². The van der Waals surface area contributed by atoms with Crippen molar-refractivity contribution in [3.05, 3.63) is 53.6 Å². The molecule has 5 heteroatoms. The summed E-state index contributed by atoms with van der Waals surface area (Å²) in [5.74, 6) is 0. The molecule has 108 valence electrons. The summed E-state index contributed by atoms with van der Waals surface area (Å²) in [4.78, 5) is 15.6. The van der Waals surface area contributed by atoms with E-state index >= 15 is 0 Å². The second kappa shape index (κ2) is 5.33.